The van der Waals surface area contributed by atoms with Crippen molar-refractivity contribution >= 4 is 43.1 Å². The summed E-state index contributed by atoms with van der Waals surface area (Å²) >= 11 is 5.26. The predicted octanol–water partition coefficient (Wildman–Crippen LogP) is -0.120. The molecule has 0 spiro atoms. The van der Waals surface area contributed by atoms with Gasteiger partial charge in [0, 0.05) is 24.3 Å². The lowest BCUT2D eigenvalue weighted by molar-refractivity contribution is -0.0528. The molecule has 228 valence electrons. The van der Waals surface area contributed by atoms with E-state index in [9.17, 15) is 23.9 Å². The van der Waals surface area contributed by atoms with Gasteiger partial charge >= 0.3 is 13.5 Å². The minimum atomic E-state index is -5.11. The molecule has 5 N–H and O–H groups in total. The van der Waals surface area contributed by atoms with Crippen LogP contribution in [0.25, 0.3) is 11.2 Å². The summed E-state index contributed by atoms with van der Waals surface area (Å²) in [5.74, 6) is -1.30. The molecule has 42 heavy (non-hydrogen) atoms. The molecule has 2 unspecified atom stereocenters. The lowest BCUT2D eigenvalue weighted by Gasteiger charge is -2.27. The number of alkyl halides is 2. The number of rotatable bonds is 2. The van der Waals surface area contributed by atoms with E-state index in [2.05, 4.69) is 15.0 Å². The molecule has 0 aromatic carbocycles. The summed E-state index contributed by atoms with van der Waals surface area (Å²) in [6, 6.07) is 1.00. The molecule has 2 bridgehead atoms. The number of halogens is 2. The molecular weight excluding hydrogens is 630 g/mol. The Labute approximate surface area is 238 Å². The van der Waals surface area contributed by atoms with Crippen molar-refractivity contribution in [3.05, 3.63) is 45.8 Å². The van der Waals surface area contributed by atoms with Gasteiger partial charge in [0.05, 0.1) is 19.5 Å². The largest absolute Gasteiger partial charge is 0.472 e. The minimum absolute atomic E-state index is 0.0222. The highest BCUT2D eigenvalue weighted by Gasteiger charge is 2.53. The first-order chi connectivity index (χ1) is 19.8. The fraction of sp³-hybridized carbons (Fsp3) is 0.550. The topological polar surface area (TPSA) is 228 Å². The van der Waals surface area contributed by atoms with Crippen LogP contribution in [0, 0.1) is 5.92 Å². The summed E-state index contributed by atoms with van der Waals surface area (Å²) in [4.78, 5) is 59.4. The fourth-order valence-electron chi connectivity index (χ4n) is 5.10. The monoisotopic (exact) mass is 653 g/mol. The SMILES string of the molecule is Nc1ncnc2c1ncn2[C@@H]1O[C@@H]2COP(O)(=S)C[C@@H]3[C@H](F)[C@@H](COP(=O)(O)O[C@H]2[C@H]1F)O[C@H]3n1ccc(=O)[nH]c1=O. The number of phosphoric ester groups is 1. The van der Waals surface area contributed by atoms with Crippen molar-refractivity contribution in [1.29, 1.82) is 0 Å². The summed E-state index contributed by atoms with van der Waals surface area (Å²) in [5, 5.41) is 0. The number of phosphoric acid groups is 1. The van der Waals surface area contributed by atoms with E-state index in [-0.39, 0.29) is 17.0 Å². The summed E-state index contributed by atoms with van der Waals surface area (Å²) < 4.78 is 73.5. The lowest BCUT2D eigenvalue weighted by atomic mass is 10.0. The van der Waals surface area contributed by atoms with Crippen molar-refractivity contribution < 1.29 is 46.2 Å². The smallest absolute Gasteiger partial charge is 0.382 e. The van der Waals surface area contributed by atoms with E-state index in [1.807, 2.05) is 4.98 Å². The third-order valence-electron chi connectivity index (χ3n) is 7.04. The summed E-state index contributed by atoms with van der Waals surface area (Å²) in [5.41, 5.74) is 4.41. The van der Waals surface area contributed by atoms with Crippen LogP contribution in [-0.4, -0.2) is 88.9 Å². The first kappa shape index (κ1) is 29.6. The van der Waals surface area contributed by atoms with Crippen molar-refractivity contribution in [2.24, 2.45) is 5.92 Å². The zero-order chi connectivity index (χ0) is 30.0. The van der Waals surface area contributed by atoms with Crippen molar-refractivity contribution in [3.8, 4) is 0 Å². The number of aromatic amines is 1. The maximum absolute atomic E-state index is 15.8. The summed E-state index contributed by atoms with van der Waals surface area (Å²) in [6.45, 7) is -5.41. The third-order valence-corrected chi connectivity index (χ3v) is 10.2. The highest BCUT2D eigenvalue weighted by atomic mass is 32.5. The third kappa shape index (κ3) is 5.47. The van der Waals surface area contributed by atoms with Crippen LogP contribution >= 0.6 is 14.3 Å². The zero-order valence-electron chi connectivity index (χ0n) is 21.1. The van der Waals surface area contributed by atoms with E-state index in [0.717, 1.165) is 23.2 Å². The molecule has 10 atom stereocenters. The Morgan fingerprint density at radius 1 is 1.05 bits per heavy atom. The van der Waals surface area contributed by atoms with E-state index >= 15 is 8.78 Å². The van der Waals surface area contributed by atoms with E-state index in [1.54, 1.807) is 0 Å². The maximum atomic E-state index is 15.8. The number of anilines is 1. The first-order valence-corrected chi connectivity index (χ1v) is 16.6. The average molecular weight is 653 g/mol. The van der Waals surface area contributed by atoms with Crippen LogP contribution in [0.5, 0.6) is 0 Å². The fourth-order valence-corrected chi connectivity index (χ4v) is 8.16. The highest BCUT2D eigenvalue weighted by Crippen LogP contribution is 2.54. The number of nitrogens with one attached hydrogen (secondary N) is 1. The number of nitrogen functional groups attached to an aromatic ring is 1. The van der Waals surface area contributed by atoms with Gasteiger partial charge in [0.15, 0.2) is 30.4 Å². The molecule has 22 heteroatoms. The van der Waals surface area contributed by atoms with Gasteiger partial charge in [-0.25, -0.2) is 33.1 Å². The number of nitrogens with zero attached hydrogens (tertiary/aromatic N) is 5. The van der Waals surface area contributed by atoms with Crippen molar-refractivity contribution in [2.45, 2.75) is 43.1 Å². The molecule has 0 saturated carbocycles. The number of H-pyrrole nitrogens is 1. The normalized spacial score (nSPS) is 39.3. The maximum Gasteiger partial charge on any atom is 0.472 e. The molecule has 0 aliphatic carbocycles. The molecule has 0 amide bonds. The van der Waals surface area contributed by atoms with Crippen LogP contribution in [0.2, 0.25) is 0 Å². The van der Waals surface area contributed by atoms with Gasteiger partial charge in [-0.05, 0) is 11.8 Å². The Kier molecular flexibility index (Phi) is 7.66. The number of hydrogen-bond acceptors (Lipinski definition) is 13. The van der Waals surface area contributed by atoms with Gasteiger partial charge in [0.2, 0.25) is 0 Å². The molecule has 17 nitrogen and oxygen atoms in total. The van der Waals surface area contributed by atoms with Crippen LogP contribution in [-0.2, 0) is 39.4 Å². The Morgan fingerprint density at radius 2 is 1.79 bits per heavy atom. The van der Waals surface area contributed by atoms with Gasteiger partial charge in [-0.1, -0.05) is 0 Å². The van der Waals surface area contributed by atoms with Crippen LogP contribution in [0.1, 0.15) is 12.5 Å². The molecule has 3 aromatic heterocycles. The highest BCUT2D eigenvalue weighted by molar-refractivity contribution is 8.09. The number of fused-ring (bicyclic) bond motifs is 4. The Bertz CT molecular complexity index is 1730. The van der Waals surface area contributed by atoms with Crippen LogP contribution < -0.4 is 17.0 Å². The molecule has 0 radical (unpaired) electrons. The zero-order valence-corrected chi connectivity index (χ0v) is 23.7. The molecule has 3 aromatic rings. The van der Waals surface area contributed by atoms with Crippen LogP contribution in [0.4, 0.5) is 14.6 Å². The van der Waals surface area contributed by atoms with Gasteiger partial charge in [0.1, 0.15) is 42.6 Å². The van der Waals surface area contributed by atoms with E-state index < -0.39 is 94.0 Å². The Morgan fingerprint density at radius 3 is 2.55 bits per heavy atom. The molecule has 6 heterocycles. The molecule has 3 fully saturated rings. The van der Waals surface area contributed by atoms with Gasteiger partial charge in [-0.15, -0.1) is 0 Å². The van der Waals surface area contributed by atoms with Crippen LogP contribution in [0.15, 0.2) is 34.5 Å². The number of nitrogens with two attached hydrogens (primary N) is 1. The standard InChI is InChI=1S/C20H23F2N7O10P2S/c21-12-8-5-40(32,42)35-4-10-15(13(22)19(38-10)29-7-26-14-16(23)24-6-25-17(14)29)39-41(33,34)36-3-9(12)37-18(8)28-2-1-11(30)27-20(28)31/h1-2,6-10,12-13,15,18-19H,3-5H2,(H,32,42)(H,33,34)(H2,23,24,25)(H,27,30,31)/t8-,9-,10-,12+,13-,15-,18-,19-,40?/m1/s1. The molecule has 3 aliphatic rings. The molecule has 3 saturated heterocycles. The number of aromatic nitrogens is 6. The summed E-state index contributed by atoms with van der Waals surface area (Å²) in [6.07, 6.45) is -8.93. The lowest BCUT2D eigenvalue weighted by Crippen LogP contribution is -2.36. The van der Waals surface area contributed by atoms with Gasteiger partial charge in [-0.2, -0.15) is 0 Å². The van der Waals surface area contributed by atoms with E-state index in [4.69, 9.17) is 40.6 Å². The van der Waals surface area contributed by atoms with E-state index in [0.29, 0.717) is 0 Å². The predicted molar refractivity (Wildman–Crippen MR) is 140 cm³/mol. The second-order valence-corrected chi connectivity index (χ2v) is 14.7. The second-order valence-electron chi connectivity index (χ2n) is 9.73. The van der Waals surface area contributed by atoms with Gasteiger partial charge < -0.3 is 29.5 Å². The minimum Gasteiger partial charge on any atom is -0.382 e. The van der Waals surface area contributed by atoms with E-state index in [1.165, 1.54) is 10.9 Å². The van der Waals surface area contributed by atoms with Crippen molar-refractivity contribution in [3.63, 3.8) is 0 Å². The molecular formula is C20H23F2N7O10P2S. The molecule has 3 aliphatic heterocycles. The Balaban J connectivity index is 1.31. The van der Waals surface area contributed by atoms with Crippen LogP contribution in [0.3, 0.4) is 0 Å². The number of hydrogen-bond donors (Lipinski definition) is 4. The summed E-state index contributed by atoms with van der Waals surface area (Å²) in [7, 11) is -5.11. The van der Waals surface area contributed by atoms with Crippen molar-refractivity contribution in [2.75, 3.05) is 25.1 Å². The second kappa shape index (κ2) is 10.9. The number of ether oxygens (including phenoxy) is 2. The average Bonchev–Trinajstić information content (AvgIpc) is 3.57. The van der Waals surface area contributed by atoms with Crippen molar-refractivity contribution in [1.82, 2.24) is 29.1 Å². The van der Waals surface area contributed by atoms with Gasteiger partial charge in [0.25, 0.3) is 5.56 Å². The quantitative estimate of drug-likeness (QED) is 0.264. The number of imidazole rings is 1. The van der Waals surface area contributed by atoms with Gasteiger partial charge in [-0.3, -0.25) is 28.0 Å². The Hall–Kier alpha value is -2.51. The molecule has 6 rings (SSSR count). The first-order valence-electron chi connectivity index (χ1n) is 12.3.